The molecule has 0 aromatic rings. The molecule has 1 rings (SSSR count). The number of nitrogens with one attached hydrogen (secondary N) is 2. The fourth-order valence-corrected chi connectivity index (χ4v) is 4.51. The first-order valence-corrected chi connectivity index (χ1v) is 10.6. The number of carbonyl (C=O) groups excluding carboxylic acids is 2. The van der Waals surface area contributed by atoms with Crippen molar-refractivity contribution in [2.24, 2.45) is 35.3 Å². The second-order valence-corrected chi connectivity index (χ2v) is 8.51. The zero-order valence-corrected chi connectivity index (χ0v) is 17.5. The molecule has 0 aromatic carbocycles. The molecule has 152 valence electrons. The Morgan fingerprint density at radius 3 is 2.42 bits per heavy atom. The lowest BCUT2D eigenvalue weighted by Crippen LogP contribution is -2.51. The van der Waals surface area contributed by atoms with Crippen LogP contribution in [0.15, 0.2) is 0 Å². The molecule has 4 N–H and O–H groups in total. The second-order valence-electron chi connectivity index (χ2n) is 8.51. The Bertz CT molecular complexity index is 439. The number of hydrogen-bond acceptors (Lipinski definition) is 3. The Kier molecular flexibility index (Phi) is 10.2. The van der Waals surface area contributed by atoms with E-state index < -0.39 is 0 Å². The normalized spacial score (nSPS) is 25.6. The van der Waals surface area contributed by atoms with Gasteiger partial charge >= 0.3 is 0 Å². The summed E-state index contributed by atoms with van der Waals surface area (Å²) in [6.07, 6.45) is 6.41. The fraction of sp³-hybridized carbons (Fsp3) is 0.905. The van der Waals surface area contributed by atoms with E-state index in [9.17, 15) is 9.59 Å². The second kappa shape index (κ2) is 11.6. The van der Waals surface area contributed by atoms with Crippen LogP contribution >= 0.6 is 0 Å². The highest BCUT2D eigenvalue weighted by molar-refractivity contribution is 5.80. The number of carbonyl (C=O) groups is 2. The van der Waals surface area contributed by atoms with Gasteiger partial charge < -0.3 is 16.4 Å². The largest absolute Gasteiger partial charge is 0.354 e. The molecule has 0 saturated heterocycles. The molecule has 1 aliphatic rings. The van der Waals surface area contributed by atoms with Gasteiger partial charge in [0.05, 0.1) is 6.54 Å². The predicted octanol–water partition coefficient (Wildman–Crippen LogP) is 3.08. The standard InChI is InChI=1S/C21H41N3O2/c1-6-8-16(7-2)19(24-20(25)12-22)13-23-21(26)18-11-15(5)9-10-17(18)14(3)4/h14-19H,6-13,22H2,1-5H3,(H,23,26)(H,24,25)/t15?,16?,17-,18?,19?/m0/s1. The minimum atomic E-state index is -0.148. The average molecular weight is 368 g/mol. The summed E-state index contributed by atoms with van der Waals surface area (Å²) in [7, 11) is 0. The van der Waals surface area contributed by atoms with Crippen molar-refractivity contribution in [2.75, 3.05) is 13.1 Å². The van der Waals surface area contributed by atoms with Crippen molar-refractivity contribution < 1.29 is 9.59 Å². The number of rotatable bonds is 10. The van der Waals surface area contributed by atoms with Crippen LogP contribution in [0, 0.1) is 29.6 Å². The van der Waals surface area contributed by atoms with Crippen LogP contribution in [0.25, 0.3) is 0 Å². The van der Waals surface area contributed by atoms with E-state index in [1.807, 2.05) is 0 Å². The van der Waals surface area contributed by atoms with Gasteiger partial charge in [-0.05, 0) is 42.9 Å². The van der Waals surface area contributed by atoms with E-state index in [4.69, 9.17) is 5.73 Å². The third kappa shape index (κ3) is 6.90. The van der Waals surface area contributed by atoms with Gasteiger partial charge in [0, 0.05) is 18.5 Å². The molecule has 0 bridgehead atoms. The van der Waals surface area contributed by atoms with Gasteiger partial charge in [0.2, 0.25) is 11.8 Å². The van der Waals surface area contributed by atoms with Crippen LogP contribution in [0.1, 0.15) is 73.1 Å². The van der Waals surface area contributed by atoms with Gasteiger partial charge in [-0.3, -0.25) is 9.59 Å². The Morgan fingerprint density at radius 1 is 1.19 bits per heavy atom. The van der Waals surface area contributed by atoms with Crippen LogP contribution in [0.3, 0.4) is 0 Å². The highest BCUT2D eigenvalue weighted by Gasteiger charge is 2.35. The molecule has 0 aromatic heterocycles. The highest BCUT2D eigenvalue weighted by Crippen LogP contribution is 2.38. The van der Waals surface area contributed by atoms with Crippen molar-refractivity contribution in [1.82, 2.24) is 10.6 Å². The summed E-state index contributed by atoms with van der Waals surface area (Å²) in [5, 5.41) is 6.19. The summed E-state index contributed by atoms with van der Waals surface area (Å²) >= 11 is 0. The van der Waals surface area contributed by atoms with Crippen molar-refractivity contribution in [3.05, 3.63) is 0 Å². The molecular weight excluding hydrogens is 326 g/mol. The van der Waals surface area contributed by atoms with Crippen LogP contribution in [0.4, 0.5) is 0 Å². The quantitative estimate of drug-likeness (QED) is 0.555. The summed E-state index contributed by atoms with van der Waals surface area (Å²) in [4.78, 5) is 24.8. The highest BCUT2D eigenvalue weighted by atomic mass is 16.2. The molecule has 0 aliphatic heterocycles. The van der Waals surface area contributed by atoms with Crippen molar-refractivity contribution in [3.63, 3.8) is 0 Å². The van der Waals surface area contributed by atoms with Gasteiger partial charge in [-0.2, -0.15) is 0 Å². The van der Waals surface area contributed by atoms with Crippen molar-refractivity contribution >= 4 is 11.8 Å². The lowest BCUT2D eigenvalue weighted by atomic mass is 9.70. The SMILES string of the molecule is CCCC(CC)C(CNC(=O)C1CC(C)CC[C@H]1C(C)C)NC(=O)CN. The van der Waals surface area contributed by atoms with Crippen molar-refractivity contribution in [1.29, 1.82) is 0 Å². The predicted molar refractivity (Wildman–Crippen MR) is 108 cm³/mol. The molecule has 26 heavy (non-hydrogen) atoms. The molecule has 5 heteroatoms. The number of hydrogen-bond donors (Lipinski definition) is 3. The maximum Gasteiger partial charge on any atom is 0.234 e. The third-order valence-corrected chi connectivity index (χ3v) is 6.14. The van der Waals surface area contributed by atoms with Crippen LogP contribution in [-0.4, -0.2) is 30.9 Å². The summed E-state index contributed by atoms with van der Waals surface area (Å²) < 4.78 is 0. The average Bonchev–Trinajstić information content (AvgIpc) is 2.62. The third-order valence-electron chi connectivity index (χ3n) is 6.14. The van der Waals surface area contributed by atoms with E-state index in [1.54, 1.807) is 0 Å². The Labute approximate surface area is 160 Å². The molecule has 0 spiro atoms. The summed E-state index contributed by atoms with van der Waals surface area (Å²) in [6, 6.07) is -0.0431. The Morgan fingerprint density at radius 2 is 1.88 bits per heavy atom. The molecule has 1 fully saturated rings. The molecule has 5 nitrogen and oxygen atoms in total. The minimum absolute atomic E-state index is 0.0113. The molecule has 1 saturated carbocycles. The van der Waals surface area contributed by atoms with E-state index in [0.717, 1.165) is 32.1 Å². The lowest BCUT2D eigenvalue weighted by Gasteiger charge is -2.37. The minimum Gasteiger partial charge on any atom is -0.354 e. The molecule has 4 unspecified atom stereocenters. The maximum atomic E-state index is 12.9. The summed E-state index contributed by atoms with van der Waals surface area (Å²) in [5.41, 5.74) is 5.48. The molecule has 0 radical (unpaired) electrons. The molecule has 5 atom stereocenters. The zero-order valence-electron chi connectivity index (χ0n) is 17.5. The maximum absolute atomic E-state index is 12.9. The van der Waals surface area contributed by atoms with E-state index in [0.29, 0.717) is 30.2 Å². The van der Waals surface area contributed by atoms with Crippen LogP contribution in [-0.2, 0) is 9.59 Å². The smallest absolute Gasteiger partial charge is 0.234 e. The van der Waals surface area contributed by atoms with Crippen molar-refractivity contribution in [3.8, 4) is 0 Å². The van der Waals surface area contributed by atoms with Gasteiger partial charge in [-0.1, -0.05) is 53.9 Å². The van der Waals surface area contributed by atoms with Gasteiger partial charge in [-0.15, -0.1) is 0 Å². The topological polar surface area (TPSA) is 84.2 Å². The van der Waals surface area contributed by atoms with Crippen LogP contribution in [0.5, 0.6) is 0 Å². The summed E-state index contributed by atoms with van der Waals surface area (Å²) in [5.74, 6) is 2.06. The molecule has 0 heterocycles. The Hall–Kier alpha value is -1.10. The zero-order chi connectivity index (χ0) is 19.7. The van der Waals surface area contributed by atoms with Gasteiger partial charge in [0.15, 0.2) is 0 Å². The van der Waals surface area contributed by atoms with E-state index in [-0.39, 0.29) is 30.3 Å². The van der Waals surface area contributed by atoms with Crippen molar-refractivity contribution in [2.45, 2.75) is 79.2 Å². The van der Waals surface area contributed by atoms with Gasteiger partial charge in [0.25, 0.3) is 0 Å². The Balaban J connectivity index is 2.74. The van der Waals surface area contributed by atoms with Crippen LogP contribution in [0.2, 0.25) is 0 Å². The lowest BCUT2D eigenvalue weighted by molar-refractivity contribution is -0.130. The number of nitrogens with two attached hydrogens (primary N) is 1. The summed E-state index contributed by atoms with van der Waals surface area (Å²) in [6.45, 7) is 11.5. The molecule has 1 aliphatic carbocycles. The van der Waals surface area contributed by atoms with Gasteiger partial charge in [0.1, 0.15) is 0 Å². The fourth-order valence-electron chi connectivity index (χ4n) is 4.51. The number of amides is 2. The monoisotopic (exact) mass is 367 g/mol. The van der Waals surface area contributed by atoms with E-state index >= 15 is 0 Å². The first kappa shape index (κ1) is 22.9. The van der Waals surface area contributed by atoms with E-state index in [2.05, 4.69) is 45.3 Å². The first-order valence-electron chi connectivity index (χ1n) is 10.6. The van der Waals surface area contributed by atoms with Crippen LogP contribution < -0.4 is 16.4 Å². The first-order chi connectivity index (χ1) is 12.3. The van der Waals surface area contributed by atoms with Gasteiger partial charge in [-0.25, -0.2) is 0 Å². The molecule has 2 amide bonds. The molecular formula is C21H41N3O2. The van der Waals surface area contributed by atoms with E-state index in [1.165, 1.54) is 6.42 Å².